The number of rotatable bonds is 16. The van der Waals surface area contributed by atoms with Gasteiger partial charge in [-0.15, -0.1) is 0 Å². The molecular weight excluding hydrogens is 596 g/mol. The first-order valence-electron chi connectivity index (χ1n) is 14.8. The molecule has 3 aromatic rings. The van der Waals surface area contributed by atoms with E-state index in [9.17, 15) is 18.0 Å². The van der Waals surface area contributed by atoms with E-state index in [1.165, 1.54) is 60.7 Å². The van der Waals surface area contributed by atoms with E-state index in [-0.39, 0.29) is 26.7 Å². The number of ether oxygens (including phenoxy) is 5. The topological polar surface area (TPSA) is 114 Å². The molecule has 0 aromatic heterocycles. The van der Waals surface area contributed by atoms with Crippen molar-refractivity contribution < 1.29 is 41.7 Å². The van der Waals surface area contributed by atoms with Crippen LogP contribution in [0.15, 0.2) is 101 Å². The van der Waals surface area contributed by atoms with E-state index in [2.05, 4.69) is 6.92 Å². The average molecular weight is 635 g/mol. The van der Waals surface area contributed by atoms with Crippen LogP contribution in [0.5, 0.6) is 17.2 Å². The van der Waals surface area contributed by atoms with Crippen molar-refractivity contribution in [2.45, 2.75) is 42.9 Å². The minimum Gasteiger partial charge on any atom is -0.494 e. The predicted octanol–water partition coefficient (Wildman–Crippen LogP) is 6.22. The zero-order chi connectivity index (χ0) is 32.1. The molecule has 10 heteroatoms. The SMILES string of the molecule is CC=CC(=O)Oc1ccc(S(=O)(=O)c2ccc(OC(=O)C=Cc3ccc(OCCCCOCC4(CC)COC4)cc3)cc2)cc1. The predicted molar refractivity (Wildman–Crippen MR) is 169 cm³/mol. The van der Waals surface area contributed by atoms with Crippen molar-refractivity contribution in [3.63, 3.8) is 0 Å². The minimum absolute atomic E-state index is 0.0246. The molecule has 4 rings (SSSR count). The molecule has 1 aliphatic rings. The van der Waals surface area contributed by atoms with Gasteiger partial charge in [-0.25, -0.2) is 18.0 Å². The lowest BCUT2D eigenvalue weighted by atomic mass is 9.84. The maximum Gasteiger partial charge on any atom is 0.336 e. The van der Waals surface area contributed by atoms with Crippen molar-refractivity contribution in [1.29, 1.82) is 0 Å². The highest BCUT2D eigenvalue weighted by Gasteiger charge is 2.36. The monoisotopic (exact) mass is 634 g/mol. The molecule has 0 radical (unpaired) electrons. The van der Waals surface area contributed by atoms with E-state index >= 15 is 0 Å². The van der Waals surface area contributed by atoms with Crippen LogP contribution >= 0.6 is 0 Å². The maximum absolute atomic E-state index is 13.0. The second kappa shape index (κ2) is 16.2. The zero-order valence-electron chi connectivity index (χ0n) is 25.5. The van der Waals surface area contributed by atoms with Crippen molar-refractivity contribution in [3.05, 3.63) is 96.6 Å². The molecule has 1 fully saturated rings. The molecule has 0 amide bonds. The third-order valence-corrected chi connectivity index (χ3v) is 9.01. The lowest BCUT2D eigenvalue weighted by Crippen LogP contribution is -2.45. The molecular formula is C35H38O9S. The Hall–Kier alpha value is -4.25. The van der Waals surface area contributed by atoms with Crippen LogP contribution in [0.1, 0.15) is 38.7 Å². The van der Waals surface area contributed by atoms with Crippen LogP contribution in [-0.2, 0) is 28.9 Å². The van der Waals surface area contributed by atoms with Crippen LogP contribution in [-0.4, -0.2) is 53.4 Å². The summed E-state index contributed by atoms with van der Waals surface area (Å²) < 4.78 is 53.3. The van der Waals surface area contributed by atoms with Gasteiger partial charge in [0.15, 0.2) is 0 Å². The smallest absolute Gasteiger partial charge is 0.336 e. The molecule has 9 nitrogen and oxygen atoms in total. The van der Waals surface area contributed by atoms with Gasteiger partial charge in [-0.3, -0.25) is 0 Å². The summed E-state index contributed by atoms with van der Waals surface area (Å²) in [6, 6.07) is 18.4. The first-order chi connectivity index (χ1) is 21.7. The maximum atomic E-state index is 13.0. The van der Waals surface area contributed by atoms with Gasteiger partial charge in [0.1, 0.15) is 17.2 Å². The number of hydrogen-bond acceptors (Lipinski definition) is 9. The quantitative estimate of drug-likeness (QED) is 0.0784. The third-order valence-electron chi connectivity index (χ3n) is 7.23. The van der Waals surface area contributed by atoms with Crippen molar-refractivity contribution in [2.24, 2.45) is 5.41 Å². The molecule has 0 bridgehead atoms. The first kappa shape index (κ1) is 33.6. The Morgan fingerprint density at radius 2 is 1.31 bits per heavy atom. The Morgan fingerprint density at radius 1 is 0.778 bits per heavy atom. The lowest BCUT2D eigenvalue weighted by molar-refractivity contribution is -0.150. The number of hydrogen-bond donors (Lipinski definition) is 0. The van der Waals surface area contributed by atoms with Crippen LogP contribution in [0.2, 0.25) is 0 Å². The number of sulfone groups is 1. The van der Waals surface area contributed by atoms with Crippen LogP contribution < -0.4 is 14.2 Å². The second-order valence-electron chi connectivity index (χ2n) is 10.6. The van der Waals surface area contributed by atoms with E-state index in [1.807, 2.05) is 24.3 Å². The molecule has 0 unspecified atom stereocenters. The van der Waals surface area contributed by atoms with E-state index in [0.29, 0.717) is 13.2 Å². The first-order valence-corrected chi connectivity index (χ1v) is 16.3. The molecule has 0 spiro atoms. The number of unbranched alkanes of at least 4 members (excludes halogenated alkanes) is 1. The summed E-state index contributed by atoms with van der Waals surface area (Å²) >= 11 is 0. The number of carbonyl (C=O) groups excluding carboxylic acids is 2. The van der Waals surface area contributed by atoms with Gasteiger partial charge in [0, 0.05) is 24.2 Å². The van der Waals surface area contributed by atoms with E-state index in [0.717, 1.165) is 50.4 Å². The normalized spacial score (nSPS) is 14.3. The zero-order valence-corrected chi connectivity index (χ0v) is 26.3. The fraction of sp³-hybridized carbons (Fsp3) is 0.314. The van der Waals surface area contributed by atoms with Gasteiger partial charge in [0.05, 0.1) is 36.2 Å². The summed E-state index contributed by atoms with van der Waals surface area (Å²) in [5.74, 6) is 0.00685. The number of allylic oxidation sites excluding steroid dienone is 1. The largest absolute Gasteiger partial charge is 0.494 e. The molecule has 0 N–H and O–H groups in total. The molecule has 0 aliphatic carbocycles. The minimum atomic E-state index is -3.83. The number of esters is 2. The molecule has 45 heavy (non-hydrogen) atoms. The van der Waals surface area contributed by atoms with Gasteiger partial charge in [-0.05, 0) is 98.5 Å². The van der Waals surface area contributed by atoms with Crippen molar-refractivity contribution in [2.75, 3.05) is 33.0 Å². The molecule has 1 saturated heterocycles. The second-order valence-corrected chi connectivity index (χ2v) is 12.6. The average Bonchev–Trinajstić information content (AvgIpc) is 3.02. The Balaban J connectivity index is 1.19. The molecule has 0 atom stereocenters. The Morgan fingerprint density at radius 3 is 1.82 bits per heavy atom. The molecule has 238 valence electrons. The summed E-state index contributed by atoms with van der Waals surface area (Å²) in [5, 5.41) is 0. The van der Waals surface area contributed by atoms with Crippen molar-refractivity contribution in [1.82, 2.24) is 0 Å². The summed E-state index contributed by atoms with van der Waals surface area (Å²) in [6.07, 6.45) is 8.61. The third kappa shape index (κ3) is 9.87. The van der Waals surface area contributed by atoms with Crippen LogP contribution in [0.25, 0.3) is 6.08 Å². The van der Waals surface area contributed by atoms with Gasteiger partial charge in [-0.1, -0.05) is 25.1 Å². The molecule has 1 aliphatic heterocycles. The number of benzene rings is 3. The fourth-order valence-electron chi connectivity index (χ4n) is 4.35. The highest BCUT2D eigenvalue weighted by Crippen LogP contribution is 2.31. The highest BCUT2D eigenvalue weighted by atomic mass is 32.2. The van der Waals surface area contributed by atoms with Gasteiger partial charge >= 0.3 is 11.9 Å². The standard InChI is InChI=1S/C35H38O9S/c1-3-7-33(36)43-29-13-17-31(18-14-29)45(38,39)32-19-15-30(16-20-32)44-34(37)21-10-27-8-11-28(12-9-27)42-23-6-5-22-40-24-35(4-2)25-41-26-35/h3,7-21H,4-6,22-26H2,1-2H3. The van der Waals surface area contributed by atoms with E-state index in [4.69, 9.17) is 23.7 Å². The summed E-state index contributed by atoms with van der Waals surface area (Å²) in [4.78, 5) is 24.0. The van der Waals surface area contributed by atoms with Crippen molar-refractivity contribution >= 4 is 27.9 Å². The van der Waals surface area contributed by atoms with E-state index in [1.54, 1.807) is 19.1 Å². The van der Waals surface area contributed by atoms with Gasteiger partial charge in [0.2, 0.25) is 9.84 Å². The Labute approximate surface area is 264 Å². The van der Waals surface area contributed by atoms with Crippen molar-refractivity contribution in [3.8, 4) is 17.2 Å². The molecule has 0 saturated carbocycles. The van der Waals surface area contributed by atoms with Gasteiger partial charge in [-0.2, -0.15) is 0 Å². The summed E-state index contributed by atoms with van der Waals surface area (Å²) in [7, 11) is -3.83. The van der Waals surface area contributed by atoms with Gasteiger partial charge in [0.25, 0.3) is 0 Å². The van der Waals surface area contributed by atoms with E-state index < -0.39 is 21.8 Å². The van der Waals surface area contributed by atoms with Crippen LogP contribution in [0.3, 0.4) is 0 Å². The molecule has 1 heterocycles. The fourth-order valence-corrected chi connectivity index (χ4v) is 5.61. The number of carbonyl (C=O) groups is 2. The summed E-state index contributed by atoms with van der Waals surface area (Å²) in [5.41, 5.74) is 1.01. The van der Waals surface area contributed by atoms with Crippen LogP contribution in [0, 0.1) is 5.41 Å². The Bertz CT molecular complexity index is 1560. The lowest BCUT2D eigenvalue weighted by Gasteiger charge is -2.40. The Kier molecular flexibility index (Phi) is 12.1. The molecule has 3 aromatic carbocycles. The summed E-state index contributed by atoms with van der Waals surface area (Å²) in [6.45, 7) is 7.49. The van der Waals surface area contributed by atoms with Crippen LogP contribution in [0.4, 0.5) is 0 Å². The van der Waals surface area contributed by atoms with Gasteiger partial charge < -0.3 is 23.7 Å². The highest BCUT2D eigenvalue weighted by molar-refractivity contribution is 7.91.